The van der Waals surface area contributed by atoms with E-state index in [2.05, 4.69) is 48.3 Å². The van der Waals surface area contributed by atoms with Crippen LogP contribution in [-0.4, -0.2) is 39.6 Å². The molecule has 1 atom stereocenters. The summed E-state index contributed by atoms with van der Waals surface area (Å²) in [5.41, 5.74) is 2.32. The van der Waals surface area contributed by atoms with Crippen LogP contribution in [0, 0.1) is 11.3 Å². The number of pyridine rings is 1. The Morgan fingerprint density at radius 2 is 2.14 bits per heavy atom. The second-order valence-electron chi connectivity index (χ2n) is 7.64. The third kappa shape index (κ3) is 3.26. The average Bonchev–Trinajstić information content (AvgIpc) is 2.93. The van der Waals surface area contributed by atoms with Crippen molar-refractivity contribution in [2.24, 2.45) is 11.3 Å². The van der Waals surface area contributed by atoms with Crippen molar-refractivity contribution in [3.05, 3.63) is 24.2 Å². The molecular weight excluding hydrogens is 260 g/mol. The summed E-state index contributed by atoms with van der Waals surface area (Å²) in [6.07, 6.45) is 4.14. The highest BCUT2D eigenvalue weighted by Gasteiger charge is 2.24. The van der Waals surface area contributed by atoms with Crippen molar-refractivity contribution in [1.82, 2.24) is 19.4 Å². The Labute approximate surface area is 127 Å². The minimum Gasteiger partial charge on any atom is -0.312 e. The maximum absolute atomic E-state index is 4.85. The molecule has 1 fully saturated rings. The van der Waals surface area contributed by atoms with Gasteiger partial charge in [-0.15, -0.1) is 0 Å². The second-order valence-corrected chi connectivity index (χ2v) is 7.64. The van der Waals surface area contributed by atoms with E-state index in [9.17, 15) is 0 Å². The number of nitrogens with zero attached hydrogens (tertiary/aromatic N) is 4. The number of fused-ring (bicyclic) bond motifs is 1. The standard InChI is InChI=1S/C17H26N4/c1-17(2,3)10-15-19-14-6-5-8-18-16(14)21(15)12-13-7-9-20(4)11-13/h5-6,8,13H,7,9-12H2,1-4H3. The summed E-state index contributed by atoms with van der Waals surface area (Å²) in [6.45, 7) is 10.2. The van der Waals surface area contributed by atoms with E-state index in [0.717, 1.165) is 24.1 Å². The van der Waals surface area contributed by atoms with Crippen molar-refractivity contribution in [3.8, 4) is 0 Å². The average molecular weight is 286 g/mol. The molecule has 0 aliphatic carbocycles. The van der Waals surface area contributed by atoms with Crippen molar-refractivity contribution in [2.75, 3.05) is 20.1 Å². The normalized spacial score (nSPS) is 20.5. The van der Waals surface area contributed by atoms with Gasteiger partial charge in [-0.25, -0.2) is 9.97 Å². The van der Waals surface area contributed by atoms with Gasteiger partial charge >= 0.3 is 0 Å². The zero-order valence-corrected chi connectivity index (χ0v) is 13.6. The van der Waals surface area contributed by atoms with Gasteiger partial charge < -0.3 is 9.47 Å². The molecule has 1 saturated heterocycles. The Morgan fingerprint density at radius 3 is 2.81 bits per heavy atom. The van der Waals surface area contributed by atoms with Crippen molar-refractivity contribution in [3.63, 3.8) is 0 Å². The summed E-state index contributed by atoms with van der Waals surface area (Å²) in [5.74, 6) is 1.90. The Balaban J connectivity index is 1.95. The molecule has 1 unspecified atom stereocenters. The van der Waals surface area contributed by atoms with Crippen molar-refractivity contribution in [1.29, 1.82) is 0 Å². The van der Waals surface area contributed by atoms with Crippen LogP contribution in [0.4, 0.5) is 0 Å². The van der Waals surface area contributed by atoms with E-state index in [0.29, 0.717) is 5.92 Å². The molecule has 0 spiro atoms. The lowest BCUT2D eigenvalue weighted by Crippen LogP contribution is -2.20. The van der Waals surface area contributed by atoms with Gasteiger partial charge in [0.15, 0.2) is 5.65 Å². The molecule has 0 N–H and O–H groups in total. The summed E-state index contributed by atoms with van der Waals surface area (Å²) in [5, 5.41) is 0. The molecule has 3 heterocycles. The SMILES string of the molecule is CN1CCC(Cn2c(CC(C)(C)C)nc3cccnc32)C1. The van der Waals surface area contributed by atoms with E-state index < -0.39 is 0 Å². The zero-order valence-electron chi connectivity index (χ0n) is 13.6. The topological polar surface area (TPSA) is 34.0 Å². The molecule has 1 aliphatic heterocycles. The summed E-state index contributed by atoms with van der Waals surface area (Å²) >= 11 is 0. The maximum Gasteiger partial charge on any atom is 0.159 e. The van der Waals surface area contributed by atoms with Gasteiger partial charge in [0.05, 0.1) is 0 Å². The van der Waals surface area contributed by atoms with Gasteiger partial charge in [0.1, 0.15) is 11.3 Å². The molecule has 2 aromatic heterocycles. The highest BCUT2D eigenvalue weighted by molar-refractivity contribution is 5.71. The van der Waals surface area contributed by atoms with E-state index in [-0.39, 0.29) is 5.41 Å². The number of aromatic nitrogens is 3. The Hall–Kier alpha value is -1.42. The first-order valence-electron chi connectivity index (χ1n) is 7.91. The van der Waals surface area contributed by atoms with Gasteiger partial charge in [-0.1, -0.05) is 20.8 Å². The van der Waals surface area contributed by atoms with Gasteiger partial charge in [-0.05, 0) is 43.5 Å². The van der Waals surface area contributed by atoms with Crippen LogP contribution in [0.15, 0.2) is 18.3 Å². The Morgan fingerprint density at radius 1 is 1.33 bits per heavy atom. The van der Waals surface area contributed by atoms with Gasteiger partial charge in [0, 0.05) is 25.7 Å². The lowest BCUT2D eigenvalue weighted by Gasteiger charge is -2.20. The lowest BCUT2D eigenvalue weighted by atomic mass is 9.92. The second kappa shape index (κ2) is 5.41. The summed E-state index contributed by atoms with van der Waals surface area (Å²) < 4.78 is 2.37. The van der Waals surface area contributed by atoms with Crippen LogP contribution in [0.5, 0.6) is 0 Å². The van der Waals surface area contributed by atoms with Gasteiger partial charge in [0.25, 0.3) is 0 Å². The van der Waals surface area contributed by atoms with Crippen molar-refractivity contribution < 1.29 is 0 Å². The molecule has 0 amide bonds. The van der Waals surface area contributed by atoms with Crippen molar-refractivity contribution >= 4 is 11.2 Å². The first-order valence-corrected chi connectivity index (χ1v) is 7.91. The zero-order chi connectivity index (χ0) is 15.0. The summed E-state index contributed by atoms with van der Waals surface area (Å²) in [6, 6.07) is 4.05. The van der Waals surface area contributed by atoms with E-state index in [1.54, 1.807) is 0 Å². The number of imidazole rings is 1. The largest absolute Gasteiger partial charge is 0.312 e. The Kier molecular flexibility index (Phi) is 3.74. The fourth-order valence-corrected chi connectivity index (χ4v) is 3.24. The minimum absolute atomic E-state index is 0.242. The van der Waals surface area contributed by atoms with E-state index in [1.165, 1.54) is 25.3 Å². The van der Waals surface area contributed by atoms with Crippen LogP contribution in [-0.2, 0) is 13.0 Å². The van der Waals surface area contributed by atoms with Crippen LogP contribution < -0.4 is 0 Å². The van der Waals surface area contributed by atoms with Crippen LogP contribution in [0.3, 0.4) is 0 Å². The fraction of sp³-hybridized carbons (Fsp3) is 0.647. The lowest BCUT2D eigenvalue weighted by molar-refractivity contribution is 0.363. The highest BCUT2D eigenvalue weighted by Crippen LogP contribution is 2.25. The van der Waals surface area contributed by atoms with Gasteiger partial charge in [-0.3, -0.25) is 0 Å². The van der Waals surface area contributed by atoms with Gasteiger partial charge in [0.2, 0.25) is 0 Å². The molecule has 3 rings (SSSR count). The van der Waals surface area contributed by atoms with Crippen LogP contribution >= 0.6 is 0 Å². The monoisotopic (exact) mass is 286 g/mol. The molecule has 4 heteroatoms. The third-order valence-electron chi connectivity index (χ3n) is 4.20. The van der Waals surface area contributed by atoms with Crippen LogP contribution in [0.1, 0.15) is 33.0 Å². The van der Waals surface area contributed by atoms with Crippen LogP contribution in [0.25, 0.3) is 11.2 Å². The molecule has 1 aliphatic rings. The predicted molar refractivity (Wildman–Crippen MR) is 86.3 cm³/mol. The first-order chi connectivity index (χ1) is 9.92. The predicted octanol–water partition coefficient (Wildman–Crippen LogP) is 2.97. The quantitative estimate of drug-likeness (QED) is 0.870. The van der Waals surface area contributed by atoms with Crippen molar-refractivity contribution in [2.45, 2.75) is 40.2 Å². The van der Waals surface area contributed by atoms with Crippen LogP contribution in [0.2, 0.25) is 0 Å². The van der Waals surface area contributed by atoms with Gasteiger partial charge in [-0.2, -0.15) is 0 Å². The fourth-order valence-electron chi connectivity index (χ4n) is 3.24. The number of hydrogen-bond donors (Lipinski definition) is 0. The van der Waals surface area contributed by atoms with E-state index >= 15 is 0 Å². The van der Waals surface area contributed by atoms with E-state index in [1.807, 2.05) is 12.3 Å². The molecule has 0 saturated carbocycles. The molecular formula is C17H26N4. The smallest absolute Gasteiger partial charge is 0.159 e. The van der Waals surface area contributed by atoms with E-state index in [4.69, 9.17) is 4.98 Å². The molecule has 4 nitrogen and oxygen atoms in total. The molecule has 114 valence electrons. The highest BCUT2D eigenvalue weighted by atomic mass is 15.2. The summed E-state index contributed by atoms with van der Waals surface area (Å²) in [7, 11) is 2.21. The molecule has 0 bridgehead atoms. The molecule has 2 aromatic rings. The Bertz CT molecular complexity index is 623. The number of likely N-dealkylation sites (tertiary alicyclic amines) is 1. The molecule has 0 radical (unpaired) electrons. The third-order valence-corrected chi connectivity index (χ3v) is 4.20. The molecule has 21 heavy (non-hydrogen) atoms. The minimum atomic E-state index is 0.242. The number of hydrogen-bond acceptors (Lipinski definition) is 3. The summed E-state index contributed by atoms with van der Waals surface area (Å²) in [4.78, 5) is 11.8. The molecule has 0 aromatic carbocycles. The number of rotatable bonds is 3. The maximum atomic E-state index is 4.85. The first kappa shape index (κ1) is 14.5.